The second-order valence-electron chi connectivity index (χ2n) is 5.36. The molecule has 0 aliphatic heterocycles. The van der Waals surface area contributed by atoms with Crippen molar-refractivity contribution in [1.82, 2.24) is 0 Å². The van der Waals surface area contributed by atoms with Crippen LogP contribution < -0.4 is 0 Å². The van der Waals surface area contributed by atoms with Gasteiger partial charge in [-0.1, -0.05) is 52.7 Å². The van der Waals surface area contributed by atoms with Gasteiger partial charge in [0.2, 0.25) is 8.32 Å². The lowest BCUT2D eigenvalue weighted by atomic mass is 10.1. The summed E-state index contributed by atoms with van der Waals surface area (Å²) in [6, 6.07) is 3.73. The third-order valence-corrected chi connectivity index (χ3v) is 8.85. The van der Waals surface area contributed by atoms with Crippen LogP contribution in [0.1, 0.15) is 59.8 Å². The summed E-state index contributed by atoms with van der Waals surface area (Å²) in [7, 11) is -1.47. The Hall–Kier alpha value is -0.503. The molecule has 1 rings (SSSR count). The van der Waals surface area contributed by atoms with Gasteiger partial charge in [0, 0.05) is 6.42 Å². The summed E-state index contributed by atoms with van der Waals surface area (Å²) in [5.41, 5.74) is 1.48. The van der Waals surface area contributed by atoms with Crippen molar-refractivity contribution in [2.75, 3.05) is 0 Å². The fourth-order valence-electron chi connectivity index (χ4n) is 2.66. The van der Waals surface area contributed by atoms with Crippen LogP contribution in [0.15, 0.2) is 23.5 Å². The van der Waals surface area contributed by atoms with Crippen molar-refractivity contribution in [3.63, 3.8) is 0 Å². The lowest BCUT2D eigenvalue weighted by Crippen LogP contribution is -2.35. The summed E-state index contributed by atoms with van der Waals surface area (Å²) in [5, 5.41) is 0. The first-order valence-corrected chi connectivity index (χ1v) is 10.3. The maximum absolute atomic E-state index is 6.55. The van der Waals surface area contributed by atoms with Gasteiger partial charge in [0.05, 0.1) is 5.76 Å². The van der Waals surface area contributed by atoms with E-state index in [1.165, 1.54) is 55.1 Å². The minimum atomic E-state index is -1.47. The fraction of sp³-hybridized carbons (Fsp3) is 0.750. The van der Waals surface area contributed by atoms with Gasteiger partial charge in [-0.15, -0.1) is 0 Å². The summed E-state index contributed by atoms with van der Waals surface area (Å²) < 4.78 is 6.55. The lowest BCUT2D eigenvalue weighted by Gasteiger charge is -2.30. The molecule has 0 atom stereocenters. The highest BCUT2D eigenvalue weighted by Gasteiger charge is 2.32. The SMILES string of the molecule is CCCCCC1=C(O[Si](CC)(CC)CC)CC=C1. The Bertz CT molecular complexity index is 292. The molecule has 0 saturated carbocycles. The molecule has 0 unspecified atom stereocenters. The summed E-state index contributed by atoms with van der Waals surface area (Å²) in [6.45, 7) is 9.18. The van der Waals surface area contributed by atoms with Gasteiger partial charge in [0.25, 0.3) is 0 Å². The summed E-state index contributed by atoms with van der Waals surface area (Å²) in [4.78, 5) is 0. The van der Waals surface area contributed by atoms with Gasteiger partial charge < -0.3 is 4.43 Å². The first kappa shape index (κ1) is 15.6. The molecule has 0 spiro atoms. The minimum Gasteiger partial charge on any atom is -0.546 e. The predicted molar refractivity (Wildman–Crippen MR) is 83.2 cm³/mol. The van der Waals surface area contributed by atoms with Crippen LogP contribution in [0, 0.1) is 0 Å². The number of rotatable bonds is 9. The lowest BCUT2D eigenvalue weighted by molar-refractivity contribution is 0.391. The van der Waals surface area contributed by atoms with E-state index in [-0.39, 0.29) is 0 Å². The van der Waals surface area contributed by atoms with Crippen molar-refractivity contribution in [3.05, 3.63) is 23.5 Å². The van der Waals surface area contributed by atoms with Gasteiger partial charge in [-0.3, -0.25) is 0 Å². The molecule has 0 amide bonds. The molecule has 0 aromatic carbocycles. The van der Waals surface area contributed by atoms with Crippen LogP contribution in [0.5, 0.6) is 0 Å². The van der Waals surface area contributed by atoms with E-state index in [0.29, 0.717) is 0 Å². The second kappa shape index (κ2) is 7.83. The van der Waals surface area contributed by atoms with Crippen LogP contribution in [-0.2, 0) is 4.43 Å². The van der Waals surface area contributed by atoms with Crippen molar-refractivity contribution in [2.45, 2.75) is 77.9 Å². The van der Waals surface area contributed by atoms with Crippen LogP contribution >= 0.6 is 0 Å². The van der Waals surface area contributed by atoms with E-state index in [1.807, 2.05) is 0 Å². The van der Waals surface area contributed by atoms with Gasteiger partial charge in [-0.05, 0) is 36.5 Å². The number of hydrogen-bond donors (Lipinski definition) is 0. The van der Waals surface area contributed by atoms with Crippen LogP contribution in [0.3, 0.4) is 0 Å². The molecule has 2 heteroatoms. The molecule has 18 heavy (non-hydrogen) atoms. The highest BCUT2D eigenvalue weighted by Crippen LogP contribution is 2.32. The zero-order valence-electron chi connectivity index (χ0n) is 12.7. The van der Waals surface area contributed by atoms with E-state index in [0.717, 1.165) is 6.42 Å². The summed E-state index contributed by atoms with van der Waals surface area (Å²) in [6.07, 6.45) is 10.8. The van der Waals surface area contributed by atoms with Gasteiger partial charge in [0.1, 0.15) is 0 Å². The third-order valence-electron chi connectivity index (χ3n) is 4.30. The smallest absolute Gasteiger partial charge is 0.250 e. The Labute approximate surface area is 114 Å². The van der Waals surface area contributed by atoms with Crippen LogP contribution in [0.25, 0.3) is 0 Å². The van der Waals surface area contributed by atoms with Crippen LogP contribution in [-0.4, -0.2) is 8.32 Å². The standard InChI is InChI=1S/C16H30OSi/c1-5-9-10-12-15-13-11-14-16(15)17-18(6-2,7-3)8-4/h11,13H,5-10,12,14H2,1-4H3. The zero-order chi connectivity index (χ0) is 13.4. The molecular weight excluding hydrogens is 236 g/mol. The zero-order valence-corrected chi connectivity index (χ0v) is 13.7. The highest BCUT2D eigenvalue weighted by molar-refractivity contribution is 6.73. The molecule has 0 N–H and O–H groups in total. The normalized spacial score (nSPS) is 15.6. The number of unbranched alkanes of at least 4 members (excludes halogenated alkanes) is 2. The van der Waals surface area contributed by atoms with Gasteiger partial charge in [0.15, 0.2) is 0 Å². The van der Waals surface area contributed by atoms with Gasteiger partial charge in [-0.2, -0.15) is 0 Å². The fourth-order valence-corrected chi connectivity index (χ4v) is 5.33. The molecule has 0 bridgehead atoms. The maximum Gasteiger partial charge on any atom is 0.250 e. The molecule has 0 radical (unpaired) electrons. The Morgan fingerprint density at radius 2 is 1.72 bits per heavy atom. The molecule has 0 heterocycles. The van der Waals surface area contributed by atoms with Crippen LogP contribution in [0.2, 0.25) is 18.1 Å². The molecule has 0 saturated heterocycles. The molecule has 0 aromatic rings. The van der Waals surface area contributed by atoms with Crippen molar-refractivity contribution in [2.24, 2.45) is 0 Å². The van der Waals surface area contributed by atoms with E-state index in [1.54, 1.807) is 0 Å². The van der Waals surface area contributed by atoms with E-state index in [2.05, 4.69) is 39.8 Å². The summed E-state index contributed by atoms with van der Waals surface area (Å²) >= 11 is 0. The first-order chi connectivity index (χ1) is 8.71. The Balaban J connectivity index is 2.65. The maximum atomic E-state index is 6.55. The van der Waals surface area contributed by atoms with Crippen molar-refractivity contribution in [3.8, 4) is 0 Å². The first-order valence-electron chi connectivity index (χ1n) is 7.78. The van der Waals surface area contributed by atoms with Crippen LogP contribution in [0.4, 0.5) is 0 Å². The van der Waals surface area contributed by atoms with Crippen molar-refractivity contribution >= 4 is 8.32 Å². The monoisotopic (exact) mass is 266 g/mol. The van der Waals surface area contributed by atoms with Gasteiger partial charge in [-0.25, -0.2) is 0 Å². The second-order valence-corrected chi connectivity index (χ2v) is 10.0. The van der Waals surface area contributed by atoms with Crippen molar-refractivity contribution < 1.29 is 4.43 Å². The van der Waals surface area contributed by atoms with E-state index >= 15 is 0 Å². The quantitative estimate of drug-likeness (QED) is 0.378. The Morgan fingerprint density at radius 1 is 1.06 bits per heavy atom. The van der Waals surface area contributed by atoms with E-state index < -0.39 is 8.32 Å². The Morgan fingerprint density at radius 3 is 2.28 bits per heavy atom. The third kappa shape index (κ3) is 4.01. The highest BCUT2D eigenvalue weighted by atomic mass is 28.4. The minimum absolute atomic E-state index is 1.04. The molecular formula is C16H30OSi. The van der Waals surface area contributed by atoms with E-state index in [4.69, 9.17) is 4.43 Å². The summed E-state index contributed by atoms with van der Waals surface area (Å²) in [5.74, 6) is 1.31. The van der Waals surface area contributed by atoms with E-state index in [9.17, 15) is 0 Å². The topological polar surface area (TPSA) is 9.23 Å². The number of allylic oxidation sites excluding steroid dienone is 3. The molecule has 0 aromatic heterocycles. The average molecular weight is 267 g/mol. The average Bonchev–Trinajstić information content (AvgIpc) is 2.84. The predicted octanol–water partition coefficient (Wildman–Crippen LogP) is 5.80. The molecule has 1 nitrogen and oxygen atoms in total. The molecule has 0 fully saturated rings. The van der Waals surface area contributed by atoms with Crippen molar-refractivity contribution in [1.29, 1.82) is 0 Å². The Kier molecular flexibility index (Phi) is 6.76. The largest absolute Gasteiger partial charge is 0.546 e. The molecule has 104 valence electrons. The molecule has 1 aliphatic rings. The number of hydrogen-bond acceptors (Lipinski definition) is 1. The van der Waals surface area contributed by atoms with Gasteiger partial charge >= 0.3 is 0 Å². The molecule has 1 aliphatic carbocycles.